The smallest absolute Gasteiger partial charge is 0.141 e. The van der Waals surface area contributed by atoms with Crippen molar-refractivity contribution in [3.05, 3.63) is 60.4 Å². The number of hydrogen-bond donors (Lipinski definition) is 2. The van der Waals surface area contributed by atoms with Gasteiger partial charge in [0.05, 0.1) is 5.52 Å². The second-order valence-corrected chi connectivity index (χ2v) is 4.96. The van der Waals surface area contributed by atoms with Gasteiger partial charge < -0.3 is 11.1 Å². The number of fused-ring (bicyclic) bond motifs is 1. The van der Waals surface area contributed by atoms with Gasteiger partial charge in [0, 0.05) is 11.1 Å². The minimum atomic E-state index is 0.716. The van der Waals surface area contributed by atoms with Gasteiger partial charge in [-0.05, 0) is 49.2 Å². The maximum absolute atomic E-state index is 5.57. The van der Waals surface area contributed by atoms with Gasteiger partial charge in [0.2, 0.25) is 0 Å². The van der Waals surface area contributed by atoms with Crippen molar-refractivity contribution >= 4 is 22.4 Å². The molecule has 2 aromatic carbocycles. The number of nitrogens with one attached hydrogen (secondary N) is 1. The van der Waals surface area contributed by atoms with Crippen LogP contribution in [0.15, 0.2) is 54.9 Å². The molecule has 3 aromatic rings. The molecule has 3 rings (SSSR count). The molecule has 1 aromatic heterocycles. The fourth-order valence-electron chi connectivity index (χ4n) is 2.35. The molecule has 4 heteroatoms. The molecule has 0 aliphatic rings. The Hall–Kier alpha value is -2.46. The lowest BCUT2D eigenvalue weighted by Gasteiger charge is -2.09. The van der Waals surface area contributed by atoms with Gasteiger partial charge in [-0.2, -0.15) is 0 Å². The predicted octanol–water partition coefficient (Wildman–Crippen LogP) is 3.26. The number of nitrogens with zero attached hydrogens (tertiary/aromatic N) is 2. The Bertz CT molecular complexity index is 734. The Morgan fingerprint density at radius 2 is 1.90 bits per heavy atom. The minimum Gasteiger partial charge on any atom is -0.340 e. The van der Waals surface area contributed by atoms with Gasteiger partial charge in [-0.25, -0.2) is 9.97 Å². The molecular formula is C17H18N4. The maximum atomic E-state index is 5.57. The van der Waals surface area contributed by atoms with Gasteiger partial charge in [0.25, 0.3) is 0 Å². The first kappa shape index (κ1) is 13.5. The zero-order valence-electron chi connectivity index (χ0n) is 11.8. The average molecular weight is 278 g/mol. The van der Waals surface area contributed by atoms with Crippen LogP contribution >= 0.6 is 0 Å². The molecule has 4 nitrogen and oxygen atoms in total. The molecule has 3 N–H and O–H groups in total. The average Bonchev–Trinajstić information content (AvgIpc) is 2.54. The van der Waals surface area contributed by atoms with E-state index in [4.69, 9.17) is 5.73 Å². The molecule has 0 unspecified atom stereocenters. The molecule has 0 fully saturated rings. The number of para-hydroxylation sites is 1. The molecule has 106 valence electrons. The fraction of sp³-hybridized carbons (Fsp3) is 0.176. The van der Waals surface area contributed by atoms with E-state index in [1.807, 2.05) is 30.3 Å². The van der Waals surface area contributed by atoms with E-state index in [2.05, 4.69) is 33.5 Å². The van der Waals surface area contributed by atoms with Crippen LogP contribution < -0.4 is 11.1 Å². The topological polar surface area (TPSA) is 63.8 Å². The van der Waals surface area contributed by atoms with Crippen molar-refractivity contribution in [1.82, 2.24) is 9.97 Å². The summed E-state index contributed by atoms with van der Waals surface area (Å²) in [7, 11) is 0. The zero-order chi connectivity index (χ0) is 14.5. The number of aromatic nitrogens is 2. The standard InChI is InChI=1S/C17H18N4/c18-10-4-6-13-5-3-7-14(11-13)21-17-15-8-1-2-9-16(15)19-12-20-17/h1-3,5,7-9,11-12H,4,6,10,18H2,(H,19,20,21). The van der Waals surface area contributed by atoms with Crippen molar-refractivity contribution in [1.29, 1.82) is 0 Å². The summed E-state index contributed by atoms with van der Waals surface area (Å²) in [5, 5.41) is 4.40. The molecule has 0 atom stereocenters. The van der Waals surface area contributed by atoms with Gasteiger partial charge >= 0.3 is 0 Å². The second-order valence-electron chi connectivity index (χ2n) is 4.96. The van der Waals surface area contributed by atoms with Crippen molar-refractivity contribution in [2.75, 3.05) is 11.9 Å². The van der Waals surface area contributed by atoms with E-state index < -0.39 is 0 Å². The van der Waals surface area contributed by atoms with E-state index >= 15 is 0 Å². The van der Waals surface area contributed by atoms with Crippen LogP contribution in [0, 0.1) is 0 Å². The summed E-state index contributed by atoms with van der Waals surface area (Å²) in [6, 6.07) is 16.3. The van der Waals surface area contributed by atoms with E-state index in [1.54, 1.807) is 6.33 Å². The molecule has 0 aliphatic heterocycles. The number of hydrogen-bond acceptors (Lipinski definition) is 4. The third kappa shape index (κ3) is 3.17. The lowest BCUT2D eigenvalue weighted by atomic mass is 10.1. The number of benzene rings is 2. The van der Waals surface area contributed by atoms with Crippen LogP contribution in [0.25, 0.3) is 10.9 Å². The maximum Gasteiger partial charge on any atom is 0.141 e. The Kier molecular flexibility index (Phi) is 4.07. The zero-order valence-corrected chi connectivity index (χ0v) is 11.8. The van der Waals surface area contributed by atoms with Crippen LogP contribution in [0.5, 0.6) is 0 Å². The fourth-order valence-corrected chi connectivity index (χ4v) is 2.35. The molecule has 0 aliphatic carbocycles. The van der Waals surface area contributed by atoms with E-state index in [-0.39, 0.29) is 0 Å². The highest BCUT2D eigenvalue weighted by molar-refractivity contribution is 5.90. The Labute approximate surface area is 124 Å². The summed E-state index contributed by atoms with van der Waals surface area (Å²) in [4.78, 5) is 8.63. The van der Waals surface area contributed by atoms with Crippen molar-refractivity contribution < 1.29 is 0 Å². The summed E-state index contributed by atoms with van der Waals surface area (Å²) >= 11 is 0. The van der Waals surface area contributed by atoms with E-state index in [0.29, 0.717) is 6.54 Å². The normalized spacial score (nSPS) is 10.7. The van der Waals surface area contributed by atoms with Gasteiger partial charge in [0.15, 0.2) is 0 Å². The summed E-state index contributed by atoms with van der Waals surface area (Å²) in [6.45, 7) is 0.716. The summed E-state index contributed by atoms with van der Waals surface area (Å²) in [5.41, 5.74) is 8.82. The molecule has 0 spiro atoms. The molecule has 0 saturated carbocycles. The van der Waals surface area contributed by atoms with E-state index in [9.17, 15) is 0 Å². The predicted molar refractivity (Wildman–Crippen MR) is 86.6 cm³/mol. The third-order valence-electron chi connectivity index (χ3n) is 3.40. The number of rotatable bonds is 5. The first-order valence-electron chi connectivity index (χ1n) is 7.12. The number of aryl methyl sites for hydroxylation is 1. The van der Waals surface area contributed by atoms with Gasteiger partial charge in [-0.15, -0.1) is 0 Å². The van der Waals surface area contributed by atoms with Crippen LogP contribution in [0.1, 0.15) is 12.0 Å². The van der Waals surface area contributed by atoms with E-state index in [0.717, 1.165) is 35.2 Å². The molecule has 0 saturated heterocycles. The molecule has 0 bridgehead atoms. The minimum absolute atomic E-state index is 0.716. The molecular weight excluding hydrogens is 260 g/mol. The summed E-state index contributed by atoms with van der Waals surface area (Å²) < 4.78 is 0. The van der Waals surface area contributed by atoms with E-state index in [1.165, 1.54) is 5.56 Å². The molecule has 1 heterocycles. The Morgan fingerprint density at radius 1 is 1.00 bits per heavy atom. The summed E-state index contributed by atoms with van der Waals surface area (Å²) in [5.74, 6) is 0.830. The molecule has 21 heavy (non-hydrogen) atoms. The highest BCUT2D eigenvalue weighted by Gasteiger charge is 2.03. The van der Waals surface area contributed by atoms with Crippen LogP contribution in [-0.2, 0) is 6.42 Å². The van der Waals surface area contributed by atoms with Gasteiger partial charge in [-0.3, -0.25) is 0 Å². The van der Waals surface area contributed by atoms with Crippen LogP contribution in [0.4, 0.5) is 11.5 Å². The molecule has 0 amide bonds. The second kappa shape index (κ2) is 6.33. The Morgan fingerprint density at radius 3 is 2.81 bits per heavy atom. The third-order valence-corrected chi connectivity index (χ3v) is 3.40. The first-order chi connectivity index (χ1) is 10.4. The largest absolute Gasteiger partial charge is 0.340 e. The van der Waals surface area contributed by atoms with Crippen molar-refractivity contribution in [3.63, 3.8) is 0 Å². The van der Waals surface area contributed by atoms with Crippen molar-refractivity contribution in [2.45, 2.75) is 12.8 Å². The van der Waals surface area contributed by atoms with Crippen LogP contribution in [0.3, 0.4) is 0 Å². The lowest BCUT2D eigenvalue weighted by Crippen LogP contribution is -2.01. The lowest BCUT2D eigenvalue weighted by molar-refractivity contribution is 0.833. The number of nitrogens with two attached hydrogens (primary N) is 1. The first-order valence-corrected chi connectivity index (χ1v) is 7.12. The molecule has 0 radical (unpaired) electrons. The van der Waals surface area contributed by atoms with Gasteiger partial charge in [-0.1, -0.05) is 24.3 Å². The highest BCUT2D eigenvalue weighted by atomic mass is 15.0. The highest BCUT2D eigenvalue weighted by Crippen LogP contribution is 2.23. The van der Waals surface area contributed by atoms with Crippen LogP contribution in [-0.4, -0.2) is 16.5 Å². The number of anilines is 2. The SMILES string of the molecule is NCCCc1cccc(Nc2ncnc3ccccc23)c1. The summed E-state index contributed by atoms with van der Waals surface area (Å²) in [6.07, 6.45) is 3.58. The quantitative estimate of drug-likeness (QED) is 0.752. The van der Waals surface area contributed by atoms with Gasteiger partial charge in [0.1, 0.15) is 12.1 Å². The van der Waals surface area contributed by atoms with Crippen molar-refractivity contribution in [3.8, 4) is 0 Å². The van der Waals surface area contributed by atoms with Crippen LogP contribution in [0.2, 0.25) is 0 Å². The Balaban J connectivity index is 1.88. The van der Waals surface area contributed by atoms with Crippen molar-refractivity contribution in [2.24, 2.45) is 5.73 Å². The monoisotopic (exact) mass is 278 g/mol.